The van der Waals surface area contributed by atoms with Gasteiger partial charge < -0.3 is 10.2 Å². The minimum atomic E-state index is -0.434. The van der Waals surface area contributed by atoms with E-state index >= 15 is 0 Å². The van der Waals surface area contributed by atoms with Gasteiger partial charge in [0.15, 0.2) is 0 Å². The lowest BCUT2D eigenvalue weighted by molar-refractivity contribution is -0.128. The Morgan fingerprint density at radius 3 is 2.74 bits per heavy atom. The summed E-state index contributed by atoms with van der Waals surface area (Å²) < 4.78 is 0. The van der Waals surface area contributed by atoms with Crippen LogP contribution in [0.4, 0.5) is 5.69 Å². The average molecular weight is 306 g/mol. The maximum Gasteiger partial charge on any atom is 0.261 e. The number of carbonyl (C=O) groups is 2. The SMILES string of the molecule is Cc1ccc(NC(=O)C2=C3C=CC4C=CC3(C4)N(C)C2=O)cc1. The van der Waals surface area contributed by atoms with Gasteiger partial charge in [-0.15, -0.1) is 0 Å². The van der Waals surface area contributed by atoms with Crippen LogP contribution in [-0.2, 0) is 9.59 Å². The summed E-state index contributed by atoms with van der Waals surface area (Å²) >= 11 is 0. The van der Waals surface area contributed by atoms with Gasteiger partial charge in [0.05, 0.1) is 5.54 Å². The Hall–Kier alpha value is -2.62. The topological polar surface area (TPSA) is 49.4 Å². The summed E-state index contributed by atoms with van der Waals surface area (Å²) in [6.07, 6.45) is 9.04. The maximum atomic E-state index is 12.7. The third-order valence-electron chi connectivity index (χ3n) is 5.07. The van der Waals surface area contributed by atoms with Crippen molar-refractivity contribution in [3.63, 3.8) is 0 Å². The first-order chi connectivity index (χ1) is 11.0. The molecule has 4 rings (SSSR count). The molecule has 2 unspecified atom stereocenters. The minimum Gasteiger partial charge on any atom is -0.328 e. The third kappa shape index (κ3) is 1.91. The molecule has 4 heteroatoms. The average Bonchev–Trinajstić information content (AvgIpc) is 2.99. The molecule has 1 N–H and O–H groups in total. The number of nitrogens with one attached hydrogen (secondary N) is 1. The van der Waals surface area contributed by atoms with Gasteiger partial charge in [-0.05, 0) is 37.0 Å². The fourth-order valence-electron chi connectivity index (χ4n) is 3.72. The van der Waals surface area contributed by atoms with Gasteiger partial charge in [-0.2, -0.15) is 0 Å². The highest BCUT2D eigenvalue weighted by atomic mass is 16.2. The first kappa shape index (κ1) is 14.0. The summed E-state index contributed by atoms with van der Waals surface area (Å²) in [6, 6.07) is 7.56. The Morgan fingerprint density at radius 1 is 1.26 bits per heavy atom. The summed E-state index contributed by atoms with van der Waals surface area (Å²) in [5, 5.41) is 2.85. The van der Waals surface area contributed by atoms with Crippen LogP contribution in [0.25, 0.3) is 0 Å². The third-order valence-corrected chi connectivity index (χ3v) is 5.07. The van der Waals surface area contributed by atoms with E-state index in [1.165, 1.54) is 0 Å². The van der Waals surface area contributed by atoms with Crippen LogP contribution in [0, 0.1) is 12.8 Å². The Bertz CT molecular complexity index is 801. The van der Waals surface area contributed by atoms with Crippen molar-refractivity contribution in [2.75, 3.05) is 12.4 Å². The van der Waals surface area contributed by atoms with E-state index in [-0.39, 0.29) is 17.4 Å². The number of nitrogens with zero attached hydrogens (tertiary/aromatic N) is 1. The van der Waals surface area contributed by atoms with Crippen LogP contribution >= 0.6 is 0 Å². The van der Waals surface area contributed by atoms with Crippen molar-refractivity contribution in [3.05, 3.63) is 65.3 Å². The van der Waals surface area contributed by atoms with Crippen molar-refractivity contribution in [1.29, 1.82) is 0 Å². The molecule has 2 atom stereocenters. The van der Waals surface area contributed by atoms with Crippen LogP contribution in [0.3, 0.4) is 0 Å². The highest BCUT2D eigenvalue weighted by Crippen LogP contribution is 2.48. The predicted molar refractivity (Wildman–Crippen MR) is 88.7 cm³/mol. The molecule has 0 saturated carbocycles. The van der Waals surface area contributed by atoms with Crippen LogP contribution in [0.15, 0.2) is 59.7 Å². The van der Waals surface area contributed by atoms with Gasteiger partial charge in [0.2, 0.25) is 0 Å². The van der Waals surface area contributed by atoms with E-state index in [9.17, 15) is 9.59 Å². The molecule has 1 heterocycles. The van der Waals surface area contributed by atoms with E-state index in [1.54, 1.807) is 11.9 Å². The smallest absolute Gasteiger partial charge is 0.261 e. The summed E-state index contributed by atoms with van der Waals surface area (Å²) in [5.74, 6) is -0.184. The second-order valence-electron chi connectivity index (χ2n) is 6.48. The summed E-state index contributed by atoms with van der Waals surface area (Å²) in [4.78, 5) is 27.1. The number of rotatable bonds is 2. The molecule has 0 aromatic heterocycles. The van der Waals surface area contributed by atoms with Crippen LogP contribution in [-0.4, -0.2) is 29.3 Å². The van der Waals surface area contributed by atoms with Crippen molar-refractivity contribution in [3.8, 4) is 0 Å². The Balaban J connectivity index is 1.72. The van der Waals surface area contributed by atoms with Crippen molar-refractivity contribution in [2.24, 2.45) is 5.92 Å². The van der Waals surface area contributed by atoms with Crippen LogP contribution in [0.5, 0.6) is 0 Å². The largest absolute Gasteiger partial charge is 0.328 e. The standard InChI is InChI=1S/C19H18N2O2/c1-12-3-6-14(7-4-12)20-17(22)16-15-8-5-13-9-10-19(15,11-13)21(2)18(16)23/h3-10,13H,11H2,1-2H3,(H,20,22). The number of likely N-dealkylation sites (N-methyl/N-ethyl adjacent to an activating group) is 1. The van der Waals surface area contributed by atoms with Gasteiger partial charge in [0.1, 0.15) is 5.57 Å². The van der Waals surface area contributed by atoms with Gasteiger partial charge in [0.25, 0.3) is 11.8 Å². The molecule has 2 aliphatic carbocycles. The predicted octanol–water partition coefficient (Wildman–Crippen LogP) is 2.59. The highest BCUT2D eigenvalue weighted by molar-refractivity contribution is 6.25. The highest BCUT2D eigenvalue weighted by Gasteiger charge is 2.53. The van der Waals surface area contributed by atoms with E-state index in [0.29, 0.717) is 11.6 Å². The van der Waals surface area contributed by atoms with Gasteiger partial charge in [-0.25, -0.2) is 0 Å². The van der Waals surface area contributed by atoms with Gasteiger partial charge >= 0.3 is 0 Å². The molecule has 3 aliphatic rings. The number of aryl methyl sites for hydroxylation is 1. The zero-order chi connectivity index (χ0) is 16.2. The molecule has 116 valence electrons. The molecule has 23 heavy (non-hydrogen) atoms. The van der Waals surface area contributed by atoms with Crippen LogP contribution < -0.4 is 5.32 Å². The number of anilines is 1. The van der Waals surface area contributed by atoms with E-state index in [2.05, 4.69) is 23.5 Å². The molecule has 0 radical (unpaired) electrons. The first-order valence-electron chi connectivity index (χ1n) is 7.80. The second-order valence-corrected chi connectivity index (χ2v) is 6.48. The lowest BCUT2D eigenvalue weighted by Crippen LogP contribution is -2.44. The number of benzene rings is 1. The number of hydrogen-bond donors (Lipinski definition) is 1. The monoisotopic (exact) mass is 306 g/mol. The fourth-order valence-corrected chi connectivity index (χ4v) is 3.72. The Labute approximate surface area is 135 Å². The van der Waals surface area contributed by atoms with E-state index in [0.717, 1.165) is 17.6 Å². The lowest BCUT2D eigenvalue weighted by atomic mass is 9.82. The second kappa shape index (κ2) is 4.69. The zero-order valence-corrected chi connectivity index (χ0v) is 13.2. The van der Waals surface area contributed by atoms with E-state index < -0.39 is 5.54 Å². The quantitative estimate of drug-likeness (QED) is 0.674. The van der Waals surface area contributed by atoms with E-state index in [4.69, 9.17) is 0 Å². The minimum absolute atomic E-state index is 0.207. The van der Waals surface area contributed by atoms with Crippen LogP contribution in [0.1, 0.15) is 12.0 Å². The Morgan fingerprint density at radius 2 is 2.00 bits per heavy atom. The number of hydrogen-bond acceptors (Lipinski definition) is 2. The molecule has 1 aromatic rings. The molecule has 1 aromatic carbocycles. The zero-order valence-electron chi connectivity index (χ0n) is 13.2. The van der Waals surface area contributed by atoms with Crippen molar-refractivity contribution in [2.45, 2.75) is 18.9 Å². The normalized spacial score (nSPS) is 27.7. The summed E-state index contributed by atoms with van der Waals surface area (Å²) in [6.45, 7) is 1.99. The molecule has 0 fully saturated rings. The van der Waals surface area contributed by atoms with Crippen molar-refractivity contribution >= 4 is 17.5 Å². The lowest BCUT2D eigenvalue weighted by Gasteiger charge is -2.35. The van der Waals surface area contributed by atoms with Gasteiger partial charge in [0, 0.05) is 12.7 Å². The van der Waals surface area contributed by atoms with Gasteiger partial charge in [-0.1, -0.05) is 42.0 Å². The Kier molecular flexibility index (Phi) is 2.85. The summed E-state index contributed by atoms with van der Waals surface area (Å²) in [5.41, 5.74) is 2.47. The molecule has 2 bridgehead atoms. The van der Waals surface area contributed by atoms with Crippen molar-refractivity contribution in [1.82, 2.24) is 4.90 Å². The van der Waals surface area contributed by atoms with Crippen LogP contribution in [0.2, 0.25) is 0 Å². The molecule has 4 nitrogen and oxygen atoms in total. The molecular formula is C19H18N2O2. The number of amides is 2. The van der Waals surface area contributed by atoms with Crippen molar-refractivity contribution < 1.29 is 9.59 Å². The molecule has 0 saturated heterocycles. The molecule has 1 aliphatic heterocycles. The van der Waals surface area contributed by atoms with Gasteiger partial charge in [-0.3, -0.25) is 9.59 Å². The molecule has 1 spiro atoms. The first-order valence-corrected chi connectivity index (χ1v) is 7.80. The summed E-state index contributed by atoms with van der Waals surface area (Å²) in [7, 11) is 1.78. The fraction of sp³-hybridized carbons (Fsp3) is 0.263. The maximum absolute atomic E-state index is 12.7. The number of carbonyl (C=O) groups excluding carboxylic acids is 2. The number of fused-ring (bicyclic) bond motifs is 1. The number of allylic oxidation sites excluding steroid dienone is 2. The van der Waals surface area contributed by atoms with E-state index in [1.807, 2.05) is 37.3 Å². The molecular weight excluding hydrogens is 288 g/mol. The molecule has 2 amide bonds.